The van der Waals surface area contributed by atoms with E-state index in [-0.39, 0.29) is 30.0 Å². The van der Waals surface area contributed by atoms with E-state index in [1.165, 1.54) is 10.4 Å². The molecule has 1 N–H and O–H groups in total. The highest BCUT2D eigenvalue weighted by atomic mass is 35.5. The fraction of sp³-hybridized carbons (Fsp3) is 0.324. The van der Waals surface area contributed by atoms with Crippen LogP contribution in [0, 0.1) is 12.3 Å². The molecule has 0 aliphatic carbocycles. The van der Waals surface area contributed by atoms with E-state index in [2.05, 4.69) is 82.3 Å². The van der Waals surface area contributed by atoms with Crippen molar-refractivity contribution < 1.29 is 23.8 Å². The van der Waals surface area contributed by atoms with Gasteiger partial charge in [0.1, 0.15) is 0 Å². The maximum atomic E-state index is 11.4. The number of rotatable bonds is 10. The predicted molar refractivity (Wildman–Crippen MR) is 179 cm³/mol. The number of ether oxygens (including phenoxy) is 2. The van der Waals surface area contributed by atoms with Gasteiger partial charge in [-0.1, -0.05) is 129 Å². The van der Waals surface area contributed by atoms with E-state index in [0.717, 1.165) is 22.3 Å². The van der Waals surface area contributed by atoms with E-state index in [9.17, 15) is 9.90 Å². The SMILES string of the molecule is Cc1c(CCC(=O)O)cccc1C1COC(c2ccccc2Cl)OC1C(O[SiH](c1ccccc1)c1ccccc1)C(C)(C)C. The molecule has 230 valence electrons. The van der Waals surface area contributed by atoms with Crippen molar-refractivity contribution in [2.75, 3.05) is 6.61 Å². The molecule has 4 aromatic carbocycles. The molecule has 1 aliphatic heterocycles. The first-order chi connectivity index (χ1) is 21.1. The molecule has 5 nitrogen and oxygen atoms in total. The number of aryl methyl sites for hydroxylation is 1. The van der Waals surface area contributed by atoms with Crippen molar-refractivity contribution in [2.24, 2.45) is 5.41 Å². The highest BCUT2D eigenvalue weighted by Crippen LogP contribution is 2.43. The monoisotopic (exact) mass is 628 g/mol. The van der Waals surface area contributed by atoms with Gasteiger partial charge in [-0.3, -0.25) is 4.79 Å². The van der Waals surface area contributed by atoms with Gasteiger partial charge in [-0.25, -0.2) is 0 Å². The van der Waals surface area contributed by atoms with Crippen LogP contribution in [0.1, 0.15) is 61.7 Å². The van der Waals surface area contributed by atoms with Crippen molar-refractivity contribution in [1.29, 1.82) is 0 Å². The molecule has 0 spiro atoms. The van der Waals surface area contributed by atoms with Crippen LogP contribution in [0.3, 0.4) is 0 Å². The summed E-state index contributed by atoms with van der Waals surface area (Å²) in [6, 6.07) is 34.8. The summed E-state index contributed by atoms with van der Waals surface area (Å²) in [7, 11) is -2.16. The van der Waals surface area contributed by atoms with Crippen molar-refractivity contribution in [3.8, 4) is 0 Å². The number of benzene rings is 4. The topological polar surface area (TPSA) is 65.0 Å². The molecule has 44 heavy (non-hydrogen) atoms. The maximum Gasteiger partial charge on any atom is 0.303 e. The molecular formula is C37H41ClO5Si. The molecule has 0 radical (unpaired) electrons. The van der Waals surface area contributed by atoms with Gasteiger partial charge in [-0.05, 0) is 51.9 Å². The molecule has 4 atom stereocenters. The molecule has 4 aromatic rings. The largest absolute Gasteiger partial charge is 0.481 e. The molecule has 1 aliphatic rings. The van der Waals surface area contributed by atoms with Gasteiger partial charge in [0.15, 0.2) is 6.29 Å². The number of carboxylic acid groups (broad SMARTS) is 1. The molecule has 0 bridgehead atoms. The zero-order valence-electron chi connectivity index (χ0n) is 25.8. The Balaban J connectivity index is 1.59. The maximum absolute atomic E-state index is 11.4. The minimum Gasteiger partial charge on any atom is -0.481 e. The second-order valence-corrected chi connectivity index (χ2v) is 15.3. The lowest BCUT2D eigenvalue weighted by Crippen LogP contribution is -2.56. The third-order valence-corrected chi connectivity index (χ3v) is 11.3. The Morgan fingerprint density at radius 2 is 1.50 bits per heavy atom. The van der Waals surface area contributed by atoms with Crippen LogP contribution in [0.25, 0.3) is 0 Å². The molecule has 1 fully saturated rings. The first-order valence-electron chi connectivity index (χ1n) is 15.2. The normalized spacial score (nSPS) is 19.5. The summed E-state index contributed by atoms with van der Waals surface area (Å²) in [6.07, 6.45) is -0.786. The highest BCUT2D eigenvalue weighted by molar-refractivity contribution is 6.80. The van der Waals surface area contributed by atoms with Crippen molar-refractivity contribution in [2.45, 2.75) is 65.0 Å². The first kappa shape index (κ1) is 32.1. The van der Waals surface area contributed by atoms with Crippen LogP contribution in [0.4, 0.5) is 0 Å². The molecule has 0 aromatic heterocycles. The van der Waals surface area contributed by atoms with Gasteiger partial charge < -0.3 is 19.0 Å². The smallest absolute Gasteiger partial charge is 0.303 e. The number of halogens is 1. The average Bonchev–Trinajstić information content (AvgIpc) is 3.01. The summed E-state index contributed by atoms with van der Waals surface area (Å²) in [5, 5.41) is 12.3. The third kappa shape index (κ3) is 7.50. The van der Waals surface area contributed by atoms with Crippen LogP contribution in [0.15, 0.2) is 103 Å². The van der Waals surface area contributed by atoms with Crippen LogP contribution >= 0.6 is 11.6 Å². The van der Waals surface area contributed by atoms with Gasteiger partial charge in [-0.15, -0.1) is 0 Å². The minimum absolute atomic E-state index is 0.0785. The summed E-state index contributed by atoms with van der Waals surface area (Å²) in [5.74, 6) is -0.956. The second-order valence-electron chi connectivity index (χ2n) is 12.5. The molecule has 4 unspecified atom stereocenters. The standard InChI is InChI=1S/C37H41ClO5Si/c1-25-26(22-23-33(39)40)14-13-20-29(25)31-24-41-36(30-19-11-12-21-32(30)38)42-34(31)35(37(2,3)4)43-44(27-15-7-5-8-16-27)28-17-9-6-10-18-28/h5-21,31,34-36,44H,22-24H2,1-4H3,(H,39,40). The summed E-state index contributed by atoms with van der Waals surface area (Å²) in [5.41, 5.74) is 3.67. The first-order valence-corrected chi connectivity index (χ1v) is 17.2. The lowest BCUT2D eigenvalue weighted by molar-refractivity contribution is -0.253. The van der Waals surface area contributed by atoms with Crippen LogP contribution in [-0.4, -0.2) is 38.9 Å². The van der Waals surface area contributed by atoms with Crippen LogP contribution in [0.2, 0.25) is 5.02 Å². The van der Waals surface area contributed by atoms with Crippen molar-refractivity contribution in [3.63, 3.8) is 0 Å². The summed E-state index contributed by atoms with van der Waals surface area (Å²) in [4.78, 5) is 11.4. The van der Waals surface area contributed by atoms with Gasteiger partial charge >= 0.3 is 5.97 Å². The van der Waals surface area contributed by atoms with E-state index in [0.29, 0.717) is 18.1 Å². The Kier molecular flexibility index (Phi) is 10.4. The fourth-order valence-electron chi connectivity index (χ4n) is 6.08. The molecule has 0 saturated carbocycles. The van der Waals surface area contributed by atoms with E-state index in [4.69, 9.17) is 25.5 Å². The van der Waals surface area contributed by atoms with E-state index >= 15 is 0 Å². The number of hydrogen-bond donors (Lipinski definition) is 1. The van der Waals surface area contributed by atoms with Crippen molar-refractivity contribution in [3.05, 3.63) is 130 Å². The zero-order valence-corrected chi connectivity index (χ0v) is 27.7. The Hall–Kier alpha value is -3.26. The summed E-state index contributed by atoms with van der Waals surface area (Å²) < 4.78 is 20.8. The molecule has 1 saturated heterocycles. The number of carbonyl (C=O) groups is 1. The molecule has 5 rings (SSSR count). The molecular weight excluding hydrogens is 588 g/mol. The molecule has 0 amide bonds. The Labute approximate surface area is 267 Å². The van der Waals surface area contributed by atoms with Crippen molar-refractivity contribution >= 4 is 37.0 Å². The fourth-order valence-corrected chi connectivity index (χ4v) is 9.01. The van der Waals surface area contributed by atoms with E-state index < -0.39 is 21.3 Å². The van der Waals surface area contributed by atoms with E-state index in [1.807, 2.05) is 48.5 Å². The second kappa shape index (κ2) is 14.2. The summed E-state index contributed by atoms with van der Waals surface area (Å²) in [6.45, 7) is 9.09. The Bertz CT molecular complexity index is 1500. The quantitative estimate of drug-likeness (QED) is 0.195. The van der Waals surface area contributed by atoms with E-state index in [1.54, 1.807) is 0 Å². The Morgan fingerprint density at radius 3 is 2.09 bits per heavy atom. The third-order valence-electron chi connectivity index (χ3n) is 8.40. The number of aliphatic carboxylic acids is 1. The lowest BCUT2D eigenvalue weighted by atomic mass is 9.77. The van der Waals surface area contributed by atoms with Gasteiger partial charge in [-0.2, -0.15) is 0 Å². The van der Waals surface area contributed by atoms with Gasteiger partial charge in [0.05, 0.1) is 18.8 Å². The van der Waals surface area contributed by atoms with Gasteiger partial charge in [0, 0.05) is 22.9 Å². The summed E-state index contributed by atoms with van der Waals surface area (Å²) >= 11 is 6.65. The molecule has 1 heterocycles. The van der Waals surface area contributed by atoms with Crippen LogP contribution in [-0.2, 0) is 25.1 Å². The van der Waals surface area contributed by atoms with Gasteiger partial charge in [0.2, 0.25) is 9.04 Å². The van der Waals surface area contributed by atoms with Gasteiger partial charge in [0.25, 0.3) is 0 Å². The number of carboxylic acids is 1. The zero-order chi connectivity index (χ0) is 31.3. The predicted octanol–water partition coefficient (Wildman–Crippen LogP) is 6.83. The average molecular weight is 629 g/mol. The Morgan fingerprint density at radius 1 is 0.909 bits per heavy atom. The highest BCUT2D eigenvalue weighted by Gasteiger charge is 2.46. The minimum atomic E-state index is -2.16. The molecule has 7 heteroatoms. The number of hydrogen-bond acceptors (Lipinski definition) is 4. The van der Waals surface area contributed by atoms with Crippen molar-refractivity contribution in [1.82, 2.24) is 0 Å². The van der Waals surface area contributed by atoms with Crippen LogP contribution < -0.4 is 10.4 Å². The van der Waals surface area contributed by atoms with Crippen LogP contribution in [0.5, 0.6) is 0 Å². The lowest BCUT2D eigenvalue weighted by Gasteiger charge is -2.46.